The molecule has 0 spiro atoms. The molecule has 1 heterocycles. The first kappa shape index (κ1) is 21.1. The molecule has 0 aliphatic carbocycles. The quantitative estimate of drug-likeness (QED) is 0.563. The van der Waals surface area contributed by atoms with E-state index in [9.17, 15) is 18.8 Å². The lowest BCUT2D eigenvalue weighted by molar-refractivity contribution is 0.0708. The van der Waals surface area contributed by atoms with Crippen LogP contribution in [0.25, 0.3) is 0 Å². The van der Waals surface area contributed by atoms with E-state index in [0.29, 0.717) is 28.9 Å². The number of hydrogen-bond donors (Lipinski definition) is 2. The van der Waals surface area contributed by atoms with Gasteiger partial charge in [-0.15, -0.1) is 0 Å². The summed E-state index contributed by atoms with van der Waals surface area (Å²) in [6, 6.07) is 10.0. The molecular formula is C22H21F2N5O. The first-order valence-electron chi connectivity index (χ1n) is 9.30. The Morgan fingerprint density at radius 3 is 2.57 bits per heavy atom. The van der Waals surface area contributed by atoms with E-state index in [1.807, 2.05) is 6.07 Å². The van der Waals surface area contributed by atoms with Gasteiger partial charge in [-0.2, -0.15) is 5.26 Å². The number of nitrogens with zero attached hydrogens (tertiary/aromatic N) is 3. The fourth-order valence-corrected chi connectivity index (χ4v) is 3.68. The highest BCUT2D eigenvalue weighted by Gasteiger charge is 2.32. The molecular weight excluding hydrogens is 388 g/mol. The Balaban J connectivity index is 1.88. The van der Waals surface area contributed by atoms with Gasteiger partial charge in [0.25, 0.3) is 5.91 Å². The molecule has 30 heavy (non-hydrogen) atoms. The molecule has 3 rings (SSSR count). The number of carbonyl (C=O) groups is 1. The number of rotatable bonds is 6. The van der Waals surface area contributed by atoms with Crippen molar-refractivity contribution in [1.82, 2.24) is 4.90 Å². The Bertz CT molecular complexity index is 1070. The first-order chi connectivity index (χ1) is 14.4. The van der Waals surface area contributed by atoms with E-state index in [1.54, 1.807) is 30.1 Å². The molecule has 2 aromatic rings. The number of allylic oxidation sites excluding steroid dienone is 1. The predicted molar refractivity (Wildman–Crippen MR) is 110 cm³/mol. The average molecular weight is 409 g/mol. The van der Waals surface area contributed by atoms with Crippen molar-refractivity contribution in [3.63, 3.8) is 0 Å². The highest BCUT2D eigenvalue weighted by atomic mass is 19.1. The van der Waals surface area contributed by atoms with Crippen LogP contribution in [0.5, 0.6) is 0 Å². The topological polar surface area (TPSA) is 108 Å². The van der Waals surface area contributed by atoms with Gasteiger partial charge in [-0.05, 0) is 41.8 Å². The van der Waals surface area contributed by atoms with Crippen LogP contribution in [-0.2, 0) is 13.0 Å². The lowest BCUT2D eigenvalue weighted by atomic mass is 9.99. The molecule has 154 valence electrons. The molecule has 6 nitrogen and oxygen atoms in total. The molecule has 0 saturated carbocycles. The zero-order valence-electron chi connectivity index (χ0n) is 16.4. The third-order valence-electron chi connectivity index (χ3n) is 5.08. The summed E-state index contributed by atoms with van der Waals surface area (Å²) in [7, 11) is 1.56. The minimum absolute atomic E-state index is 0.140. The van der Waals surface area contributed by atoms with Crippen LogP contribution in [0.1, 0.15) is 27.0 Å². The number of halogens is 2. The summed E-state index contributed by atoms with van der Waals surface area (Å²) >= 11 is 0. The molecule has 0 bridgehead atoms. The summed E-state index contributed by atoms with van der Waals surface area (Å²) in [4.78, 5) is 18.7. The van der Waals surface area contributed by atoms with E-state index in [2.05, 4.69) is 4.99 Å². The highest BCUT2D eigenvalue weighted by molar-refractivity contribution is 6.15. The smallest absolute Gasteiger partial charge is 0.254 e. The Labute approximate surface area is 173 Å². The van der Waals surface area contributed by atoms with E-state index >= 15 is 0 Å². The normalized spacial score (nSPS) is 15.2. The number of amides is 1. The summed E-state index contributed by atoms with van der Waals surface area (Å²) in [5.74, 6) is -1.54. The number of nitrogens with two attached hydrogens (primary N) is 2. The molecule has 0 aromatic heterocycles. The van der Waals surface area contributed by atoms with E-state index in [1.165, 1.54) is 18.3 Å². The molecule has 1 unspecified atom stereocenters. The Kier molecular flexibility index (Phi) is 6.23. The van der Waals surface area contributed by atoms with Gasteiger partial charge in [0.2, 0.25) is 0 Å². The fraction of sp³-hybridized carbons (Fsp3) is 0.227. The molecule has 0 radical (unpaired) electrons. The zero-order chi connectivity index (χ0) is 21.8. The van der Waals surface area contributed by atoms with Gasteiger partial charge >= 0.3 is 0 Å². The van der Waals surface area contributed by atoms with Gasteiger partial charge < -0.3 is 16.4 Å². The molecule has 1 atom stereocenters. The maximum Gasteiger partial charge on any atom is 0.254 e. The monoisotopic (exact) mass is 409 g/mol. The standard InChI is InChI=1S/C22H21F2N5O/c1-28-21(16(9-25)10-26)14-2-3-20-15(7-14)12-29(22(20)30)19(11-27)6-13-4-17(23)8-18(24)5-13/h2-5,7-9,19H,6,11-12,25,27H2,1H3/b16-9-,28-21?. The van der Waals surface area contributed by atoms with Gasteiger partial charge in [0.1, 0.15) is 17.7 Å². The third kappa shape index (κ3) is 4.07. The molecule has 1 aliphatic rings. The van der Waals surface area contributed by atoms with Gasteiger partial charge in [-0.25, -0.2) is 8.78 Å². The molecule has 0 fully saturated rings. The second-order valence-electron chi connectivity index (χ2n) is 6.94. The van der Waals surface area contributed by atoms with Crippen molar-refractivity contribution in [2.24, 2.45) is 16.5 Å². The van der Waals surface area contributed by atoms with Crippen LogP contribution in [0.2, 0.25) is 0 Å². The number of benzene rings is 2. The second kappa shape index (κ2) is 8.84. The van der Waals surface area contributed by atoms with Crippen molar-refractivity contribution in [3.8, 4) is 6.07 Å². The number of nitriles is 1. The fourth-order valence-electron chi connectivity index (χ4n) is 3.68. The van der Waals surface area contributed by atoms with Crippen LogP contribution in [0.4, 0.5) is 8.78 Å². The summed E-state index contributed by atoms with van der Waals surface area (Å²) in [5, 5.41) is 9.24. The summed E-state index contributed by atoms with van der Waals surface area (Å²) in [5.41, 5.74) is 14.4. The Morgan fingerprint density at radius 2 is 2.00 bits per heavy atom. The van der Waals surface area contributed by atoms with Crippen molar-refractivity contribution in [1.29, 1.82) is 5.26 Å². The van der Waals surface area contributed by atoms with Crippen LogP contribution in [0, 0.1) is 23.0 Å². The predicted octanol–water partition coefficient (Wildman–Crippen LogP) is 2.28. The average Bonchev–Trinajstić information content (AvgIpc) is 3.05. The van der Waals surface area contributed by atoms with Crippen LogP contribution >= 0.6 is 0 Å². The minimum atomic E-state index is -0.672. The number of carbonyl (C=O) groups excluding carboxylic acids is 1. The SMILES string of the molecule is CN=C(/C(C#N)=C\N)c1ccc2c(c1)CN(C(CN)Cc1cc(F)cc(F)c1)C2=O. The first-order valence-corrected chi connectivity index (χ1v) is 9.30. The van der Waals surface area contributed by atoms with Crippen molar-refractivity contribution in [3.05, 3.63) is 82.1 Å². The largest absolute Gasteiger partial charge is 0.403 e. The zero-order valence-corrected chi connectivity index (χ0v) is 16.4. The van der Waals surface area contributed by atoms with Crippen molar-refractivity contribution < 1.29 is 13.6 Å². The maximum atomic E-state index is 13.5. The Morgan fingerprint density at radius 1 is 1.30 bits per heavy atom. The summed E-state index contributed by atoms with van der Waals surface area (Å²) < 4.78 is 27.1. The molecule has 0 saturated heterocycles. The summed E-state index contributed by atoms with van der Waals surface area (Å²) in [6.45, 7) is 0.438. The van der Waals surface area contributed by atoms with Crippen molar-refractivity contribution >= 4 is 11.6 Å². The van der Waals surface area contributed by atoms with Crippen LogP contribution in [0.3, 0.4) is 0 Å². The molecule has 2 aromatic carbocycles. The van der Waals surface area contributed by atoms with Gasteiger partial charge in [-0.1, -0.05) is 6.07 Å². The summed E-state index contributed by atoms with van der Waals surface area (Å²) in [6.07, 6.45) is 1.42. The third-order valence-corrected chi connectivity index (χ3v) is 5.08. The molecule has 1 amide bonds. The second-order valence-corrected chi connectivity index (χ2v) is 6.94. The lowest BCUT2D eigenvalue weighted by Crippen LogP contribution is -2.42. The van der Waals surface area contributed by atoms with Gasteiger partial charge in [0.05, 0.1) is 11.3 Å². The van der Waals surface area contributed by atoms with Crippen molar-refractivity contribution in [2.75, 3.05) is 13.6 Å². The molecule has 8 heteroatoms. The Hall–Kier alpha value is -3.57. The van der Waals surface area contributed by atoms with E-state index in [4.69, 9.17) is 11.5 Å². The molecule has 1 aliphatic heterocycles. The number of hydrogen-bond acceptors (Lipinski definition) is 5. The molecule has 4 N–H and O–H groups in total. The van der Waals surface area contributed by atoms with Gasteiger partial charge in [0, 0.05) is 49.6 Å². The van der Waals surface area contributed by atoms with E-state index in [-0.39, 0.29) is 24.4 Å². The highest BCUT2D eigenvalue weighted by Crippen LogP contribution is 2.28. The van der Waals surface area contributed by atoms with Crippen LogP contribution in [0.15, 0.2) is 53.2 Å². The van der Waals surface area contributed by atoms with Crippen LogP contribution < -0.4 is 11.5 Å². The minimum Gasteiger partial charge on any atom is -0.403 e. The maximum absolute atomic E-state index is 13.5. The van der Waals surface area contributed by atoms with E-state index < -0.39 is 17.7 Å². The number of fused-ring (bicyclic) bond motifs is 1. The van der Waals surface area contributed by atoms with Crippen LogP contribution in [-0.4, -0.2) is 36.2 Å². The number of aliphatic imine (C=N–C) groups is 1. The lowest BCUT2D eigenvalue weighted by Gasteiger charge is -2.26. The van der Waals surface area contributed by atoms with Gasteiger partial charge in [-0.3, -0.25) is 9.79 Å². The van der Waals surface area contributed by atoms with Crippen molar-refractivity contribution in [2.45, 2.75) is 19.0 Å². The van der Waals surface area contributed by atoms with E-state index in [0.717, 1.165) is 11.6 Å². The van der Waals surface area contributed by atoms with Gasteiger partial charge in [0.15, 0.2) is 0 Å².